The van der Waals surface area contributed by atoms with E-state index in [-0.39, 0.29) is 0 Å². The monoisotopic (exact) mass is 167 g/mol. The molecule has 1 aliphatic rings. The van der Waals surface area contributed by atoms with Crippen LogP contribution in [0.4, 0.5) is 0 Å². The zero-order valence-electron chi connectivity index (χ0n) is 8.23. The van der Waals surface area contributed by atoms with E-state index in [9.17, 15) is 4.79 Å². The van der Waals surface area contributed by atoms with E-state index in [2.05, 4.69) is 13.8 Å². The molecule has 0 heterocycles. The first-order valence-corrected chi connectivity index (χ1v) is 5.14. The number of carbonyl (C=O) groups is 1. The second-order valence-electron chi connectivity index (χ2n) is 3.85. The molecule has 0 N–H and O–H groups in total. The Balaban J connectivity index is 2.25. The highest BCUT2D eigenvalue weighted by molar-refractivity contribution is 5.94. The number of hydrogen-bond acceptors (Lipinski definition) is 1. The molecule has 0 saturated heterocycles. The van der Waals surface area contributed by atoms with Crippen molar-refractivity contribution in [3.05, 3.63) is 5.92 Å². The van der Waals surface area contributed by atoms with E-state index in [1.165, 1.54) is 25.2 Å². The van der Waals surface area contributed by atoms with Crippen molar-refractivity contribution in [2.45, 2.75) is 52.4 Å². The second-order valence-corrected chi connectivity index (χ2v) is 3.85. The van der Waals surface area contributed by atoms with E-state index >= 15 is 0 Å². The summed E-state index contributed by atoms with van der Waals surface area (Å²) in [7, 11) is 0. The second kappa shape index (κ2) is 4.64. The number of rotatable bonds is 4. The standard InChI is InChI=1S/C11H19O/c1-3-4-5-6-10-9(2)7-8-11(10)12/h9H,3-8H2,1-2H3. The summed E-state index contributed by atoms with van der Waals surface area (Å²) in [6, 6.07) is 0. The minimum absolute atomic E-state index is 0.443. The summed E-state index contributed by atoms with van der Waals surface area (Å²) in [4.78, 5) is 11.3. The minimum atomic E-state index is 0.443. The first-order valence-electron chi connectivity index (χ1n) is 5.14. The maximum atomic E-state index is 11.3. The molecule has 0 aromatic carbocycles. The zero-order valence-corrected chi connectivity index (χ0v) is 8.23. The number of unbranched alkanes of at least 4 members (excludes halogenated alkanes) is 2. The highest BCUT2D eigenvalue weighted by Crippen LogP contribution is 2.33. The maximum absolute atomic E-state index is 11.3. The molecule has 1 unspecified atom stereocenters. The van der Waals surface area contributed by atoms with Crippen LogP contribution in [0.5, 0.6) is 0 Å². The van der Waals surface area contributed by atoms with Crippen molar-refractivity contribution in [1.82, 2.24) is 0 Å². The summed E-state index contributed by atoms with van der Waals surface area (Å²) in [5, 5.41) is 0. The van der Waals surface area contributed by atoms with E-state index < -0.39 is 0 Å². The lowest BCUT2D eigenvalue weighted by atomic mass is 9.92. The SMILES string of the molecule is CCCCC[C]1C(=O)CCC1C. The molecule has 0 amide bonds. The van der Waals surface area contributed by atoms with Gasteiger partial charge in [0.15, 0.2) is 0 Å². The molecule has 1 nitrogen and oxygen atoms in total. The topological polar surface area (TPSA) is 17.1 Å². The lowest BCUT2D eigenvalue weighted by molar-refractivity contribution is -0.116. The third-order valence-corrected chi connectivity index (χ3v) is 2.81. The lowest BCUT2D eigenvalue weighted by Gasteiger charge is -2.11. The Morgan fingerprint density at radius 1 is 1.42 bits per heavy atom. The van der Waals surface area contributed by atoms with Gasteiger partial charge in [-0.2, -0.15) is 0 Å². The van der Waals surface area contributed by atoms with E-state index in [0.717, 1.165) is 19.3 Å². The van der Waals surface area contributed by atoms with Gasteiger partial charge < -0.3 is 0 Å². The fourth-order valence-electron chi connectivity index (χ4n) is 1.91. The van der Waals surface area contributed by atoms with Crippen molar-refractivity contribution in [3.63, 3.8) is 0 Å². The van der Waals surface area contributed by atoms with Gasteiger partial charge in [0, 0.05) is 12.3 Å². The molecule has 0 aromatic rings. The van der Waals surface area contributed by atoms with Crippen LogP contribution in [0.3, 0.4) is 0 Å². The summed E-state index contributed by atoms with van der Waals surface area (Å²) >= 11 is 0. The molecule has 0 aromatic heterocycles. The van der Waals surface area contributed by atoms with Gasteiger partial charge in [0.2, 0.25) is 0 Å². The van der Waals surface area contributed by atoms with Gasteiger partial charge in [-0.05, 0) is 18.8 Å². The predicted octanol–water partition coefficient (Wildman–Crippen LogP) is 3.14. The number of hydrogen-bond donors (Lipinski definition) is 0. The Morgan fingerprint density at radius 3 is 2.67 bits per heavy atom. The first kappa shape index (κ1) is 9.76. The van der Waals surface area contributed by atoms with Gasteiger partial charge in [0.1, 0.15) is 5.78 Å². The van der Waals surface area contributed by atoms with Gasteiger partial charge in [-0.25, -0.2) is 0 Å². The summed E-state index contributed by atoms with van der Waals surface area (Å²) in [6.45, 7) is 4.39. The summed E-state index contributed by atoms with van der Waals surface area (Å²) in [6.07, 6.45) is 6.69. The van der Waals surface area contributed by atoms with Crippen LogP contribution in [0.15, 0.2) is 0 Å². The maximum Gasteiger partial charge on any atom is 0.140 e. The van der Waals surface area contributed by atoms with Crippen LogP contribution in [0.1, 0.15) is 52.4 Å². The Hall–Kier alpha value is -0.330. The van der Waals surface area contributed by atoms with Gasteiger partial charge in [-0.1, -0.05) is 33.1 Å². The predicted molar refractivity (Wildman–Crippen MR) is 50.8 cm³/mol. The van der Waals surface area contributed by atoms with E-state index in [1.807, 2.05) is 0 Å². The molecule has 1 atom stereocenters. The third kappa shape index (κ3) is 2.33. The van der Waals surface area contributed by atoms with Crippen LogP contribution < -0.4 is 0 Å². The van der Waals surface area contributed by atoms with Gasteiger partial charge in [0.05, 0.1) is 0 Å². The van der Waals surface area contributed by atoms with Crippen molar-refractivity contribution in [2.24, 2.45) is 5.92 Å². The zero-order chi connectivity index (χ0) is 8.97. The highest BCUT2D eigenvalue weighted by atomic mass is 16.1. The number of ketones is 1. The van der Waals surface area contributed by atoms with Crippen molar-refractivity contribution in [2.75, 3.05) is 0 Å². The fraction of sp³-hybridized carbons (Fsp3) is 0.818. The summed E-state index contributed by atoms with van der Waals surface area (Å²) in [5.41, 5.74) is 0. The minimum Gasteiger partial charge on any atom is -0.299 e. The van der Waals surface area contributed by atoms with E-state index in [4.69, 9.17) is 0 Å². The van der Waals surface area contributed by atoms with Crippen LogP contribution >= 0.6 is 0 Å². The molecule has 1 fully saturated rings. The van der Waals surface area contributed by atoms with Crippen LogP contribution in [0.25, 0.3) is 0 Å². The van der Waals surface area contributed by atoms with Crippen molar-refractivity contribution >= 4 is 5.78 Å². The van der Waals surface area contributed by atoms with Crippen molar-refractivity contribution in [1.29, 1.82) is 0 Å². The Labute approximate surface area is 75.5 Å². The van der Waals surface area contributed by atoms with Crippen LogP contribution in [-0.2, 0) is 4.79 Å². The normalized spacial score (nSPS) is 25.2. The smallest absolute Gasteiger partial charge is 0.140 e. The molecule has 0 spiro atoms. The van der Waals surface area contributed by atoms with Crippen LogP contribution in [0.2, 0.25) is 0 Å². The molecule has 12 heavy (non-hydrogen) atoms. The molecular formula is C11H19O. The molecule has 0 bridgehead atoms. The molecule has 1 heteroatoms. The number of carbonyl (C=O) groups excluding carboxylic acids is 1. The molecule has 69 valence electrons. The molecule has 0 aliphatic heterocycles. The van der Waals surface area contributed by atoms with E-state index in [1.54, 1.807) is 0 Å². The molecule has 1 radical (unpaired) electrons. The van der Waals surface area contributed by atoms with Gasteiger partial charge in [-0.3, -0.25) is 4.79 Å². The summed E-state index contributed by atoms with van der Waals surface area (Å²) in [5.74, 6) is 2.25. The van der Waals surface area contributed by atoms with Crippen molar-refractivity contribution < 1.29 is 4.79 Å². The van der Waals surface area contributed by atoms with E-state index in [0.29, 0.717) is 11.7 Å². The molecular weight excluding hydrogens is 148 g/mol. The summed E-state index contributed by atoms with van der Waals surface area (Å²) < 4.78 is 0. The Kier molecular flexibility index (Phi) is 3.77. The lowest BCUT2D eigenvalue weighted by Crippen LogP contribution is -2.09. The third-order valence-electron chi connectivity index (χ3n) is 2.81. The fourth-order valence-corrected chi connectivity index (χ4v) is 1.91. The first-order chi connectivity index (χ1) is 5.75. The van der Waals surface area contributed by atoms with Gasteiger partial charge >= 0.3 is 0 Å². The quantitative estimate of drug-likeness (QED) is 0.588. The Morgan fingerprint density at radius 2 is 2.17 bits per heavy atom. The molecule has 1 rings (SSSR count). The van der Waals surface area contributed by atoms with Crippen molar-refractivity contribution in [3.8, 4) is 0 Å². The van der Waals surface area contributed by atoms with Crippen LogP contribution in [-0.4, -0.2) is 5.78 Å². The highest BCUT2D eigenvalue weighted by Gasteiger charge is 2.31. The number of Topliss-reactive ketones (excluding diaryl/α,β-unsaturated/α-hetero) is 1. The van der Waals surface area contributed by atoms with Gasteiger partial charge in [0.25, 0.3) is 0 Å². The molecule has 1 aliphatic carbocycles. The Bertz CT molecular complexity index is 151. The van der Waals surface area contributed by atoms with Gasteiger partial charge in [-0.15, -0.1) is 0 Å². The largest absolute Gasteiger partial charge is 0.299 e. The average Bonchev–Trinajstić information content (AvgIpc) is 2.35. The van der Waals surface area contributed by atoms with Crippen LogP contribution in [0, 0.1) is 11.8 Å². The molecule has 1 saturated carbocycles. The average molecular weight is 167 g/mol.